The maximum absolute atomic E-state index is 6.12. The maximum Gasteiger partial charge on any atom is 0.0167 e. The topological polar surface area (TPSA) is 29.3 Å². The second-order valence-electron chi connectivity index (χ2n) is 5.45. The predicted octanol–water partition coefficient (Wildman–Crippen LogP) is 2.48. The first-order chi connectivity index (χ1) is 7.13. The summed E-state index contributed by atoms with van der Waals surface area (Å²) >= 11 is 0. The molecule has 2 N–H and O–H groups in total. The van der Waals surface area contributed by atoms with Crippen molar-refractivity contribution in [1.29, 1.82) is 0 Å². The van der Waals surface area contributed by atoms with Gasteiger partial charge in [0, 0.05) is 19.1 Å². The van der Waals surface area contributed by atoms with Crippen LogP contribution < -0.4 is 5.73 Å². The smallest absolute Gasteiger partial charge is 0.0167 e. The van der Waals surface area contributed by atoms with Crippen molar-refractivity contribution in [2.75, 3.05) is 19.6 Å². The van der Waals surface area contributed by atoms with E-state index in [1.54, 1.807) is 0 Å². The van der Waals surface area contributed by atoms with Crippen molar-refractivity contribution in [3.8, 4) is 0 Å². The van der Waals surface area contributed by atoms with E-state index in [2.05, 4.69) is 25.7 Å². The quantitative estimate of drug-likeness (QED) is 0.733. The number of nitrogens with two attached hydrogens (primary N) is 1. The third-order valence-corrected chi connectivity index (χ3v) is 3.67. The molecule has 1 rings (SSSR count). The first-order valence-electron chi connectivity index (χ1n) is 6.61. The SMILES string of the molecule is CCCCC(N)CN1CCC(C(C)C)C1. The van der Waals surface area contributed by atoms with Gasteiger partial charge in [-0.25, -0.2) is 0 Å². The third kappa shape index (κ3) is 4.52. The van der Waals surface area contributed by atoms with Crippen LogP contribution in [-0.2, 0) is 0 Å². The fourth-order valence-corrected chi connectivity index (χ4v) is 2.46. The highest BCUT2D eigenvalue weighted by atomic mass is 15.2. The van der Waals surface area contributed by atoms with Gasteiger partial charge in [-0.05, 0) is 31.2 Å². The van der Waals surface area contributed by atoms with Crippen LogP contribution in [0.15, 0.2) is 0 Å². The highest BCUT2D eigenvalue weighted by Gasteiger charge is 2.25. The third-order valence-electron chi connectivity index (χ3n) is 3.67. The summed E-state index contributed by atoms with van der Waals surface area (Å²) in [7, 11) is 0. The molecule has 1 fully saturated rings. The lowest BCUT2D eigenvalue weighted by atomic mass is 9.95. The average molecular weight is 212 g/mol. The predicted molar refractivity (Wildman–Crippen MR) is 66.9 cm³/mol. The molecule has 1 aliphatic heterocycles. The van der Waals surface area contributed by atoms with Crippen LogP contribution in [0.2, 0.25) is 0 Å². The first-order valence-corrected chi connectivity index (χ1v) is 6.61. The number of rotatable bonds is 6. The van der Waals surface area contributed by atoms with Gasteiger partial charge in [-0.15, -0.1) is 0 Å². The van der Waals surface area contributed by atoms with Gasteiger partial charge in [-0.3, -0.25) is 0 Å². The van der Waals surface area contributed by atoms with Crippen molar-refractivity contribution in [1.82, 2.24) is 4.90 Å². The van der Waals surface area contributed by atoms with E-state index in [1.165, 1.54) is 38.8 Å². The van der Waals surface area contributed by atoms with Crippen LogP contribution in [0, 0.1) is 11.8 Å². The highest BCUT2D eigenvalue weighted by molar-refractivity contribution is 4.80. The van der Waals surface area contributed by atoms with E-state index in [0.29, 0.717) is 6.04 Å². The summed E-state index contributed by atoms with van der Waals surface area (Å²) < 4.78 is 0. The molecule has 0 amide bonds. The first kappa shape index (κ1) is 13.0. The van der Waals surface area contributed by atoms with Crippen LogP contribution in [-0.4, -0.2) is 30.6 Å². The summed E-state index contributed by atoms with van der Waals surface area (Å²) in [5.74, 6) is 1.74. The summed E-state index contributed by atoms with van der Waals surface area (Å²) in [4.78, 5) is 2.56. The molecule has 0 radical (unpaired) electrons. The molecule has 2 nitrogen and oxygen atoms in total. The molecular weight excluding hydrogens is 184 g/mol. The van der Waals surface area contributed by atoms with Gasteiger partial charge < -0.3 is 10.6 Å². The van der Waals surface area contributed by atoms with Gasteiger partial charge in [0.2, 0.25) is 0 Å². The normalized spacial score (nSPS) is 25.0. The molecule has 0 aliphatic carbocycles. The van der Waals surface area contributed by atoms with Gasteiger partial charge in [-0.2, -0.15) is 0 Å². The zero-order valence-electron chi connectivity index (χ0n) is 10.7. The minimum atomic E-state index is 0.399. The molecule has 90 valence electrons. The van der Waals surface area contributed by atoms with Crippen LogP contribution in [0.3, 0.4) is 0 Å². The second-order valence-corrected chi connectivity index (χ2v) is 5.45. The van der Waals surface area contributed by atoms with E-state index in [4.69, 9.17) is 5.73 Å². The Morgan fingerprint density at radius 2 is 2.13 bits per heavy atom. The Balaban J connectivity index is 2.17. The zero-order valence-corrected chi connectivity index (χ0v) is 10.7. The van der Waals surface area contributed by atoms with Crippen LogP contribution in [0.4, 0.5) is 0 Å². The lowest BCUT2D eigenvalue weighted by molar-refractivity contribution is 0.280. The van der Waals surface area contributed by atoms with E-state index in [-0.39, 0.29) is 0 Å². The maximum atomic E-state index is 6.12. The molecule has 2 heteroatoms. The Morgan fingerprint density at radius 1 is 1.40 bits per heavy atom. The molecule has 2 atom stereocenters. The van der Waals surface area contributed by atoms with Gasteiger partial charge in [-0.1, -0.05) is 33.6 Å². The Kier molecular flexibility index (Phi) is 5.62. The number of unbranched alkanes of at least 4 members (excludes halogenated alkanes) is 1. The molecule has 0 saturated carbocycles. The molecule has 15 heavy (non-hydrogen) atoms. The van der Waals surface area contributed by atoms with Gasteiger partial charge >= 0.3 is 0 Å². The summed E-state index contributed by atoms with van der Waals surface area (Å²) in [5, 5.41) is 0. The molecule has 1 saturated heterocycles. The zero-order chi connectivity index (χ0) is 11.3. The Hall–Kier alpha value is -0.0800. The van der Waals surface area contributed by atoms with Crippen molar-refractivity contribution in [2.24, 2.45) is 17.6 Å². The van der Waals surface area contributed by atoms with Gasteiger partial charge in [0.15, 0.2) is 0 Å². The van der Waals surface area contributed by atoms with Crippen molar-refractivity contribution in [3.05, 3.63) is 0 Å². The monoisotopic (exact) mass is 212 g/mol. The Labute approximate surface area is 95.2 Å². The minimum Gasteiger partial charge on any atom is -0.327 e. The standard InChI is InChI=1S/C13H28N2/c1-4-5-6-13(14)10-15-8-7-12(9-15)11(2)3/h11-13H,4-10,14H2,1-3H3. The molecule has 0 aromatic rings. The number of hydrogen-bond acceptors (Lipinski definition) is 2. The Morgan fingerprint density at radius 3 is 2.67 bits per heavy atom. The van der Waals surface area contributed by atoms with Crippen LogP contribution >= 0.6 is 0 Å². The molecule has 2 unspecified atom stereocenters. The van der Waals surface area contributed by atoms with Crippen LogP contribution in [0.5, 0.6) is 0 Å². The molecule has 1 aliphatic rings. The van der Waals surface area contributed by atoms with Crippen molar-refractivity contribution >= 4 is 0 Å². The number of nitrogens with zero attached hydrogens (tertiary/aromatic N) is 1. The second kappa shape index (κ2) is 6.49. The number of hydrogen-bond donors (Lipinski definition) is 1. The summed E-state index contributed by atoms with van der Waals surface area (Å²) in [6.07, 6.45) is 5.11. The van der Waals surface area contributed by atoms with Gasteiger partial charge in [0.25, 0.3) is 0 Å². The minimum absolute atomic E-state index is 0.399. The molecular formula is C13H28N2. The van der Waals surface area contributed by atoms with Crippen LogP contribution in [0.1, 0.15) is 46.5 Å². The molecule has 1 heterocycles. The molecule has 0 bridgehead atoms. The summed E-state index contributed by atoms with van der Waals surface area (Å²) in [6.45, 7) is 10.6. The van der Waals surface area contributed by atoms with Gasteiger partial charge in [0.1, 0.15) is 0 Å². The van der Waals surface area contributed by atoms with Gasteiger partial charge in [0.05, 0.1) is 0 Å². The van der Waals surface area contributed by atoms with E-state index in [0.717, 1.165) is 18.4 Å². The van der Waals surface area contributed by atoms with E-state index >= 15 is 0 Å². The fraction of sp³-hybridized carbons (Fsp3) is 1.00. The van der Waals surface area contributed by atoms with Crippen LogP contribution in [0.25, 0.3) is 0 Å². The van der Waals surface area contributed by atoms with Crippen molar-refractivity contribution in [2.45, 2.75) is 52.5 Å². The lowest BCUT2D eigenvalue weighted by Crippen LogP contribution is -2.36. The average Bonchev–Trinajstić information content (AvgIpc) is 2.63. The molecule has 0 spiro atoms. The molecule has 0 aromatic heterocycles. The fourth-order valence-electron chi connectivity index (χ4n) is 2.46. The van der Waals surface area contributed by atoms with E-state index < -0.39 is 0 Å². The van der Waals surface area contributed by atoms with Crippen molar-refractivity contribution < 1.29 is 0 Å². The van der Waals surface area contributed by atoms with E-state index in [1.807, 2.05) is 0 Å². The number of likely N-dealkylation sites (tertiary alicyclic amines) is 1. The summed E-state index contributed by atoms with van der Waals surface area (Å²) in [5.41, 5.74) is 6.12. The highest BCUT2D eigenvalue weighted by Crippen LogP contribution is 2.23. The Bertz CT molecular complexity index is 168. The summed E-state index contributed by atoms with van der Waals surface area (Å²) in [6, 6.07) is 0.399. The largest absolute Gasteiger partial charge is 0.327 e. The lowest BCUT2D eigenvalue weighted by Gasteiger charge is -2.21. The molecule has 0 aromatic carbocycles. The van der Waals surface area contributed by atoms with Crippen molar-refractivity contribution in [3.63, 3.8) is 0 Å². The van der Waals surface area contributed by atoms with E-state index in [9.17, 15) is 0 Å².